The van der Waals surface area contributed by atoms with Crippen LogP contribution < -0.4 is 0 Å². The summed E-state index contributed by atoms with van der Waals surface area (Å²) in [6.07, 6.45) is 4.83. The van der Waals surface area contributed by atoms with Crippen LogP contribution in [-0.4, -0.2) is 35.3 Å². The number of hydrogen-bond donors (Lipinski definition) is 0. The highest BCUT2D eigenvalue weighted by Gasteiger charge is 2.55. The second kappa shape index (κ2) is 9.54. The van der Waals surface area contributed by atoms with Gasteiger partial charge >= 0.3 is 5.97 Å². The molecule has 2 aromatic carbocycles. The van der Waals surface area contributed by atoms with Gasteiger partial charge in [-0.15, -0.1) is 0 Å². The summed E-state index contributed by atoms with van der Waals surface area (Å²) in [5.74, 6) is -4.47. The summed E-state index contributed by atoms with van der Waals surface area (Å²) in [6.45, 7) is 6.63. The molecule has 5 nitrogen and oxygen atoms in total. The van der Waals surface area contributed by atoms with Crippen LogP contribution in [0.3, 0.4) is 0 Å². The molecule has 0 N–H and O–H groups in total. The molecule has 1 aliphatic heterocycles. The summed E-state index contributed by atoms with van der Waals surface area (Å²) >= 11 is 0. The lowest BCUT2D eigenvalue weighted by Crippen LogP contribution is -2.52. The second-order valence-electron chi connectivity index (χ2n) is 11.9. The number of carbonyl (C=O) groups is 2. The first-order valence-corrected chi connectivity index (χ1v) is 13.2. The summed E-state index contributed by atoms with van der Waals surface area (Å²) in [7, 11) is 1.32. The maximum Gasteiger partial charge on any atom is 0.337 e. The number of ether oxygens (including phenoxy) is 1. The molecule has 5 rings (SSSR count). The number of aliphatic imine (C=N–C) groups is 1. The van der Waals surface area contributed by atoms with E-state index in [1.807, 2.05) is 17.0 Å². The van der Waals surface area contributed by atoms with Gasteiger partial charge in [0, 0.05) is 5.56 Å². The van der Waals surface area contributed by atoms with E-state index in [-0.39, 0.29) is 28.6 Å². The highest BCUT2D eigenvalue weighted by Crippen LogP contribution is 2.54. The molecule has 2 fully saturated rings. The highest BCUT2D eigenvalue weighted by molar-refractivity contribution is 6.46. The molecule has 2 aliphatic carbocycles. The van der Waals surface area contributed by atoms with Gasteiger partial charge in [0.25, 0.3) is 5.91 Å². The summed E-state index contributed by atoms with van der Waals surface area (Å²) in [6, 6.07) is 8.45. The van der Waals surface area contributed by atoms with Gasteiger partial charge in [-0.1, -0.05) is 32.9 Å². The van der Waals surface area contributed by atoms with Crippen LogP contribution in [0.1, 0.15) is 86.8 Å². The highest BCUT2D eigenvalue weighted by atomic mass is 19.2. The van der Waals surface area contributed by atoms with Crippen LogP contribution in [0.15, 0.2) is 41.4 Å². The monoisotopic (exact) mass is 526 g/mol. The number of amides is 1. The van der Waals surface area contributed by atoms with E-state index < -0.39 is 35.0 Å². The second-order valence-corrected chi connectivity index (χ2v) is 11.9. The molecule has 0 saturated heterocycles. The molecule has 2 saturated carbocycles. The summed E-state index contributed by atoms with van der Waals surface area (Å²) < 4.78 is 46.9. The van der Waals surface area contributed by atoms with Crippen LogP contribution in [0.25, 0.3) is 0 Å². The minimum atomic E-state index is -1.57. The van der Waals surface area contributed by atoms with Gasteiger partial charge in [-0.05, 0) is 85.6 Å². The molecule has 202 valence electrons. The smallest absolute Gasteiger partial charge is 0.337 e. The number of halogens is 3. The maximum absolute atomic E-state index is 14.2. The number of nitrogens with zero attached hydrogens (tertiary/aromatic N) is 2. The van der Waals surface area contributed by atoms with Gasteiger partial charge in [-0.25, -0.2) is 18.0 Å². The van der Waals surface area contributed by atoms with Gasteiger partial charge in [0.2, 0.25) is 0 Å². The Morgan fingerprint density at radius 1 is 1.03 bits per heavy atom. The predicted molar refractivity (Wildman–Crippen MR) is 137 cm³/mol. The van der Waals surface area contributed by atoms with Crippen LogP contribution >= 0.6 is 0 Å². The average Bonchev–Trinajstić information content (AvgIpc) is 3.69. The van der Waals surface area contributed by atoms with Crippen molar-refractivity contribution >= 4 is 17.6 Å². The van der Waals surface area contributed by atoms with Crippen molar-refractivity contribution < 1.29 is 27.5 Å². The van der Waals surface area contributed by atoms with Crippen molar-refractivity contribution in [2.45, 2.75) is 71.0 Å². The van der Waals surface area contributed by atoms with E-state index in [0.29, 0.717) is 24.3 Å². The minimum absolute atomic E-state index is 0.0335. The van der Waals surface area contributed by atoms with Crippen molar-refractivity contribution in [3.05, 3.63) is 70.5 Å². The summed E-state index contributed by atoms with van der Waals surface area (Å²) in [4.78, 5) is 32.8. The standard InChI is InChI=1S/C30H33F3N2O3/c1-29(2,3)21-11-13-30(14-12-21)34-25(20-15-22(31)24(33)23(32)16-20)27(36)35(30)26(17-5-6-17)18-7-9-19(10-8-18)28(37)38-4/h7-10,15-17,21,26H,5-6,11-14H2,1-4H3/t21?,26-,30?/m1/s1. The zero-order chi connectivity index (χ0) is 27.4. The first-order valence-electron chi connectivity index (χ1n) is 13.2. The van der Waals surface area contributed by atoms with Crippen LogP contribution in [0.5, 0.6) is 0 Å². The number of esters is 1. The largest absolute Gasteiger partial charge is 0.465 e. The molecular formula is C30H33F3N2O3. The van der Waals surface area contributed by atoms with E-state index in [9.17, 15) is 22.8 Å². The van der Waals surface area contributed by atoms with E-state index in [1.165, 1.54) is 7.11 Å². The molecule has 0 aromatic heterocycles. The van der Waals surface area contributed by atoms with Crippen LogP contribution in [0, 0.1) is 34.7 Å². The Kier molecular flexibility index (Phi) is 6.64. The Hall–Kier alpha value is -3.16. The lowest BCUT2D eigenvalue weighted by atomic mass is 9.69. The quantitative estimate of drug-likeness (QED) is 0.326. The molecule has 38 heavy (non-hydrogen) atoms. The van der Waals surface area contributed by atoms with E-state index in [1.54, 1.807) is 12.1 Å². The van der Waals surface area contributed by atoms with Crippen LogP contribution in [0.2, 0.25) is 0 Å². The SMILES string of the molecule is COC(=O)c1ccc([C@@H](C2CC2)N2C(=O)C(c3cc(F)c(F)c(F)c3)=NC23CCC(C(C)(C)C)CC3)cc1. The minimum Gasteiger partial charge on any atom is -0.465 e. The van der Waals surface area contributed by atoms with Crippen molar-refractivity contribution in [3.8, 4) is 0 Å². The zero-order valence-corrected chi connectivity index (χ0v) is 22.2. The molecule has 1 heterocycles. The molecule has 0 bridgehead atoms. The van der Waals surface area contributed by atoms with Gasteiger partial charge in [-0.3, -0.25) is 9.79 Å². The van der Waals surface area contributed by atoms with Gasteiger partial charge < -0.3 is 9.64 Å². The normalized spacial score (nSPS) is 24.5. The number of rotatable bonds is 5. The third-order valence-corrected chi connectivity index (χ3v) is 8.48. The molecule has 1 spiro atoms. The van der Waals surface area contributed by atoms with Gasteiger partial charge in [0.05, 0.1) is 18.7 Å². The molecule has 8 heteroatoms. The lowest BCUT2D eigenvalue weighted by Gasteiger charge is -2.47. The Morgan fingerprint density at radius 2 is 1.61 bits per heavy atom. The third-order valence-electron chi connectivity index (χ3n) is 8.48. The number of benzene rings is 2. The van der Waals surface area contributed by atoms with E-state index in [4.69, 9.17) is 9.73 Å². The first-order chi connectivity index (χ1) is 17.9. The fourth-order valence-corrected chi connectivity index (χ4v) is 6.16. The fraction of sp³-hybridized carbons (Fsp3) is 0.500. The number of carbonyl (C=O) groups excluding carboxylic acids is 2. The molecule has 0 radical (unpaired) electrons. The lowest BCUT2D eigenvalue weighted by molar-refractivity contribution is -0.134. The Morgan fingerprint density at radius 3 is 2.11 bits per heavy atom. The van der Waals surface area contributed by atoms with Gasteiger partial charge in [0.1, 0.15) is 11.4 Å². The Balaban J connectivity index is 1.58. The molecular weight excluding hydrogens is 493 g/mol. The van der Waals surface area contributed by atoms with Crippen molar-refractivity contribution in [2.24, 2.45) is 22.2 Å². The van der Waals surface area contributed by atoms with Crippen LogP contribution in [0.4, 0.5) is 13.2 Å². The Labute approximate surface area is 221 Å². The summed E-state index contributed by atoms with van der Waals surface area (Å²) in [5, 5.41) is 0. The van der Waals surface area contributed by atoms with E-state index in [2.05, 4.69) is 20.8 Å². The van der Waals surface area contributed by atoms with Crippen molar-refractivity contribution in [3.63, 3.8) is 0 Å². The molecule has 1 atom stereocenters. The summed E-state index contributed by atoms with van der Waals surface area (Å²) in [5.41, 5.74) is 0.441. The Bertz CT molecular complexity index is 1260. The topological polar surface area (TPSA) is 59.0 Å². The fourth-order valence-electron chi connectivity index (χ4n) is 6.16. The molecule has 1 amide bonds. The van der Waals surface area contributed by atoms with Crippen molar-refractivity contribution in [1.82, 2.24) is 4.90 Å². The van der Waals surface area contributed by atoms with Crippen molar-refractivity contribution in [1.29, 1.82) is 0 Å². The average molecular weight is 527 g/mol. The predicted octanol–water partition coefficient (Wildman–Crippen LogP) is 6.61. The van der Waals surface area contributed by atoms with Gasteiger partial charge in [0.15, 0.2) is 17.5 Å². The van der Waals surface area contributed by atoms with Crippen molar-refractivity contribution in [2.75, 3.05) is 7.11 Å². The van der Waals surface area contributed by atoms with E-state index in [0.717, 1.165) is 43.4 Å². The molecule has 0 unspecified atom stereocenters. The number of methoxy groups -OCH3 is 1. The molecule has 3 aliphatic rings. The maximum atomic E-state index is 14.2. The zero-order valence-electron chi connectivity index (χ0n) is 22.2. The van der Waals surface area contributed by atoms with Crippen LogP contribution in [-0.2, 0) is 9.53 Å². The first kappa shape index (κ1) is 26.4. The van der Waals surface area contributed by atoms with Gasteiger partial charge in [-0.2, -0.15) is 0 Å². The number of hydrogen-bond acceptors (Lipinski definition) is 4. The third kappa shape index (κ3) is 4.63. The van der Waals surface area contributed by atoms with E-state index >= 15 is 0 Å². The molecule has 2 aromatic rings.